The Labute approximate surface area is 96.5 Å². The summed E-state index contributed by atoms with van der Waals surface area (Å²) in [6, 6.07) is 0. The van der Waals surface area contributed by atoms with Gasteiger partial charge in [0.15, 0.2) is 0 Å². The fraction of sp³-hybridized carbons (Fsp3) is 0.636. The molecule has 1 saturated heterocycles. The van der Waals surface area contributed by atoms with E-state index >= 15 is 0 Å². The minimum absolute atomic E-state index is 0.829. The van der Waals surface area contributed by atoms with Gasteiger partial charge in [-0.2, -0.15) is 0 Å². The minimum atomic E-state index is 0.829. The Bertz CT molecular complexity index is 333. The van der Waals surface area contributed by atoms with Crippen LogP contribution in [0.1, 0.15) is 6.92 Å². The van der Waals surface area contributed by atoms with Crippen LogP contribution in [-0.4, -0.2) is 54.6 Å². The molecule has 0 bridgehead atoms. The van der Waals surface area contributed by atoms with E-state index in [-0.39, 0.29) is 0 Å². The van der Waals surface area contributed by atoms with Gasteiger partial charge in [-0.05, 0) is 6.54 Å². The highest BCUT2D eigenvalue weighted by atomic mass is 15.3. The van der Waals surface area contributed by atoms with Crippen molar-refractivity contribution < 1.29 is 0 Å². The van der Waals surface area contributed by atoms with E-state index in [4.69, 9.17) is 0 Å². The highest BCUT2D eigenvalue weighted by molar-refractivity contribution is 5.43. The standard InChI is InChI=1S/C11H19N5/c1-3-15-4-6-16(7-5-15)11-9-13-8-10(12-2)14-11/h8-9H,3-7H2,1-2H3,(H,12,14). The van der Waals surface area contributed by atoms with E-state index < -0.39 is 0 Å². The Balaban J connectivity index is 2.02. The summed E-state index contributed by atoms with van der Waals surface area (Å²) in [7, 11) is 1.86. The first-order valence-electron chi connectivity index (χ1n) is 5.80. The second-order valence-electron chi connectivity index (χ2n) is 3.93. The van der Waals surface area contributed by atoms with Gasteiger partial charge in [0, 0.05) is 33.2 Å². The third kappa shape index (κ3) is 2.41. The zero-order valence-electron chi connectivity index (χ0n) is 9.98. The van der Waals surface area contributed by atoms with Crippen molar-refractivity contribution in [3.8, 4) is 0 Å². The maximum absolute atomic E-state index is 4.50. The SMILES string of the molecule is CCN1CCN(c2cncc(NC)n2)CC1. The lowest BCUT2D eigenvalue weighted by atomic mass is 10.3. The molecule has 88 valence electrons. The van der Waals surface area contributed by atoms with E-state index in [1.165, 1.54) is 0 Å². The Morgan fingerprint density at radius 2 is 2.00 bits per heavy atom. The maximum atomic E-state index is 4.50. The first-order chi connectivity index (χ1) is 7.83. The molecule has 16 heavy (non-hydrogen) atoms. The zero-order valence-corrected chi connectivity index (χ0v) is 9.98. The lowest BCUT2D eigenvalue weighted by molar-refractivity contribution is 0.270. The van der Waals surface area contributed by atoms with Crippen LogP contribution in [0.4, 0.5) is 11.6 Å². The number of anilines is 2. The molecule has 0 spiro atoms. The summed E-state index contributed by atoms with van der Waals surface area (Å²) in [6.45, 7) is 7.64. The molecule has 1 aliphatic heterocycles. The van der Waals surface area contributed by atoms with Crippen LogP contribution in [0.2, 0.25) is 0 Å². The van der Waals surface area contributed by atoms with Crippen LogP contribution in [0, 0.1) is 0 Å². The van der Waals surface area contributed by atoms with Crippen LogP contribution in [-0.2, 0) is 0 Å². The lowest BCUT2D eigenvalue weighted by Gasteiger charge is -2.34. The normalized spacial score (nSPS) is 17.5. The molecule has 2 heterocycles. The number of aromatic nitrogens is 2. The molecule has 1 fully saturated rings. The summed E-state index contributed by atoms with van der Waals surface area (Å²) in [5, 5.41) is 3.02. The third-order valence-corrected chi connectivity index (χ3v) is 3.02. The average Bonchev–Trinajstić information content (AvgIpc) is 2.39. The monoisotopic (exact) mass is 221 g/mol. The fourth-order valence-electron chi connectivity index (χ4n) is 1.92. The molecule has 1 aliphatic rings. The minimum Gasteiger partial charge on any atom is -0.372 e. The Morgan fingerprint density at radius 3 is 2.62 bits per heavy atom. The molecular formula is C11H19N5. The van der Waals surface area contributed by atoms with Crippen LogP contribution in [0.15, 0.2) is 12.4 Å². The van der Waals surface area contributed by atoms with Crippen molar-refractivity contribution in [2.24, 2.45) is 0 Å². The van der Waals surface area contributed by atoms with Crippen LogP contribution in [0.25, 0.3) is 0 Å². The van der Waals surface area contributed by atoms with Crippen molar-refractivity contribution in [1.29, 1.82) is 0 Å². The second-order valence-corrected chi connectivity index (χ2v) is 3.93. The Hall–Kier alpha value is -1.36. The topological polar surface area (TPSA) is 44.3 Å². The van der Waals surface area contributed by atoms with Crippen molar-refractivity contribution in [2.45, 2.75) is 6.92 Å². The molecule has 0 unspecified atom stereocenters. The molecule has 5 nitrogen and oxygen atoms in total. The van der Waals surface area contributed by atoms with E-state index in [2.05, 4.69) is 32.0 Å². The van der Waals surface area contributed by atoms with Gasteiger partial charge in [0.25, 0.3) is 0 Å². The molecule has 0 radical (unpaired) electrons. The molecule has 0 amide bonds. The van der Waals surface area contributed by atoms with Crippen LogP contribution < -0.4 is 10.2 Å². The first-order valence-corrected chi connectivity index (χ1v) is 5.80. The number of rotatable bonds is 3. The molecule has 1 aromatic heterocycles. The maximum Gasteiger partial charge on any atom is 0.149 e. The first kappa shape index (κ1) is 11.1. The van der Waals surface area contributed by atoms with Crippen molar-refractivity contribution in [1.82, 2.24) is 14.9 Å². The Kier molecular flexibility index (Phi) is 3.56. The summed E-state index contributed by atoms with van der Waals surface area (Å²) in [5.41, 5.74) is 0. The van der Waals surface area contributed by atoms with Crippen molar-refractivity contribution in [3.05, 3.63) is 12.4 Å². The molecule has 0 saturated carbocycles. The fourth-order valence-corrected chi connectivity index (χ4v) is 1.92. The third-order valence-electron chi connectivity index (χ3n) is 3.02. The average molecular weight is 221 g/mol. The molecule has 0 aliphatic carbocycles. The number of nitrogens with one attached hydrogen (secondary N) is 1. The van der Waals surface area contributed by atoms with Gasteiger partial charge in [0.2, 0.25) is 0 Å². The highest BCUT2D eigenvalue weighted by Crippen LogP contribution is 2.14. The van der Waals surface area contributed by atoms with Gasteiger partial charge < -0.3 is 15.1 Å². The summed E-state index contributed by atoms with van der Waals surface area (Å²) in [4.78, 5) is 13.4. The van der Waals surface area contributed by atoms with Gasteiger partial charge in [-0.25, -0.2) is 4.98 Å². The van der Waals surface area contributed by atoms with E-state index in [0.29, 0.717) is 0 Å². The summed E-state index contributed by atoms with van der Waals surface area (Å²) in [5.74, 6) is 1.80. The van der Waals surface area contributed by atoms with Gasteiger partial charge in [0.05, 0.1) is 12.4 Å². The summed E-state index contributed by atoms with van der Waals surface area (Å²) in [6.07, 6.45) is 3.58. The van der Waals surface area contributed by atoms with E-state index in [9.17, 15) is 0 Å². The van der Waals surface area contributed by atoms with Gasteiger partial charge in [-0.1, -0.05) is 6.92 Å². The van der Waals surface area contributed by atoms with Gasteiger partial charge in [-0.15, -0.1) is 0 Å². The molecular weight excluding hydrogens is 202 g/mol. The molecule has 5 heteroatoms. The van der Waals surface area contributed by atoms with E-state index in [1.807, 2.05) is 13.2 Å². The number of nitrogens with zero attached hydrogens (tertiary/aromatic N) is 4. The molecule has 2 rings (SSSR count). The number of likely N-dealkylation sites (N-methyl/N-ethyl adjacent to an activating group) is 1. The quantitative estimate of drug-likeness (QED) is 0.812. The van der Waals surface area contributed by atoms with E-state index in [1.54, 1.807) is 6.20 Å². The van der Waals surface area contributed by atoms with Crippen LogP contribution >= 0.6 is 0 Å². The van der Waals surface area contributed by atoms with E-state index in [0.717, 1.165) is 44.4 Å². The van der Waals surface area contributed by atoms with Crippen LogP contribution in [0.3, 0.4) is 0 Å². The second kappa shape index (κ2) is 5.12. The Morgan fingerprint density at radius 1 is 1.25 bits per heavy atom. The smallest absolute Gasteiger partial charge is 0.149 e. The van der Waals surface area contributed by atoms with Gasteiger partial charge >= 0.3 is 0 Å². The molecule has 0 atom stereocenters. The van der Waals surface area contributed by atoms with Gasteiger partial charge in [0.1, 0.15) is 11.6 Å². The molecule has 1 aromatic rings. The van der Waals surface area contributed by atoms with Gasteiger partial charge in [-0.3, -0.25) is 4.98 Å². The largest absolute Gasteiger partial charge is 0.372 e. The summed E-state index contributed by atoms with van der Waals surface area (Å²) >= 11 is 0. The van der Waals surface area contributed by atoms with Crippen molar-refractivity contribution in [3.63, 3.8) is 0 Å². The molecule has 0 aromatic carbocycles. The lowest BCUT2D eigenvalue weighted by Crippen LogP contribution is -2.46. The predicted molar refractivity (Wildman–Crippen MR) is 65.9 cm³/mol. The highest BCUT2D eigenvalue weighted by Gasteiger charge is 2.16. The zero-order chi connectivity index (χ0) is 11.4. The number of hydrogen-bond acceptors (Lipinski definition) is 5. The summed E-state index contributed by atoms with van der Waals surface area (Å²) < 4.78 is 0. The van der Waals surface area contributed by atoms with Crippen molar-refractivity contribution >= 4 is 11.6 Å². The van der Waals surface area contributed by atoms with Crippen molar-refractivity contribution in [2.75, 3.05) is 50.0 Å². The van der Waals surface area contributed by atoms with Crippen LogP contribution in [0.5, 0.6) is 0 Å². The molecule has 1 N–H and O–H groups in total. The number of piperazine rings is 1. The number of hydrogen-bond donors (Lipinski definition) is 1. The predicted octanol–water partition coefficient (Wildman–Crippen LogP) is 0.660.